The second kappa shape index (κ2) is 16.4. The smallest absolute Gasteiger partial charge is 0.422 e. The minimum Gasteiger partial charge on any atom is -0.467 e. The van der Waals surface area contributed by atoms with Crippen LogP contribution in [0.15, 0.2) is 72.8 Å². The minimum absolute atomic E-state index is 0.0430. The fraction of sp³-hybridized carbons (Fsp3) is 0.235. The third-order valence-electron chi connectivity index (χ3n) is 7.66. The van der Waals surface area contributed by atoms with Crippen LogP contribution in [0.2, 0.25) is 5.02 Å². The standard InChI is InChI=1S/C34H31ClF3N9O6/c1-52-29(51)25(17-40-27(49)28(50)41-24-4-2-3-19(15-24)16-39)43-26(48)20-5-11-23(12-6-20)42-30-44-31(46-32(45-30)53-18-34(36,37)38)47-33(13-14-33)21-7-9-22(35)10-8-21/h2-12,15-16,25,39H,13-14,17-18H2,1H3,(H,40,49)(H,41,50)(H,43,48)(H2,42,44,45,46,47)/t25-/m0/s1. The van der Waals surface area contributed by atoms with E-state index in [1.807, 2.05) is 12.1 Å². The lowest BCUT2D eigenvalue weighted by Gasteiger charge is -2.19. The molecule has 0 unspecified atom stereocenters. The zero-order valence-electron chi connectivity index (χ0n) is 27.7. The first kappa shape index (κ1) is 37.9. The summed E-state index contributed by atoms with van der Waals surface area (Å²) in [6, 6.07) is 17.0. The molecule has 4 aromatic rings. The van der Waals surface area contributed by atoms with Crippen LogP contribution in [0, 0.1) is 5.41 Å². The molecule has 1 heterocycles. The lowest BCUT2D eigenvalue weighted by molar-refractivity contribution is -0.154. The Morgan fingerprint density at radius 2 is 1.64 bits per heavy atom. The number of nitrogens with one attached hydrogen (secondary N) is 6. The number of hydrogen-bond donors (Lipinski definition) is 6. The number of amides is 3. The predicted molar refractivity (Wildman–Crippen MR) is 186 cm³/mol. The van der Waals surface area contributed by atoms with Crippen molar-refractivity contribution >= 4 is 64.8 Å². The van der Waals surface area contributed by atoms with Gasteiger partial charge in [-0.25, -0.2) is 4.79 Å². The van der Waals surface area contributed by atoms with Gasteiger partial charge >= 0.3 is 30.0 Å². The monoisotopic (exact) mass is 753 g/mol. The van der Waals surface area contributed by atoms with Gasteiger partial charge in [-0.2, -0.15) is 28.1 Å². The molecule has 3 amide bonds. The summed E-state index contributed by atoms with van der Waals surface area (Å²) in [4.78, 5) is 62.5. The molecule has 3 aromatic carbocycles. The summed E-state index contributed by atoms with van der Waals surface area (Å²) in [7, 11) is 1.08. The lowest BCUT2D eigenvalue weighted by atomic mass is 10.1. The van der Waals surface area contributed by atoms with Gasteiger partial charge in [-0.1, -0.05) is 35.9 Å². The molecule has 1 atom stereocenters. The Balaban J connectivity index is 1.23. The van der Waals surface area contributed by atoms with Crippen LogP contribution in [-0.2, 0) is 24.7 Å². The maximum absolute atomic E-state index is 13.0. The summed E-state index contributed by atoms with van der Waals surface area (Å²) in [6.45, 7) is -2.12. The van der Waals surface area contributed by atoms with E-state index >= 15 is 0 Å². The summed E-state index contributed by atoms with van der Waals surface area (Å²) in [5.41, 5.74) is 1.48. The quantitative estimate of drug-likeness (QED) is 0.0606. The minimum atomic E-state index is -4.65. The second-order valence-corrected chi connectivity index (χ2v) is 12.0. The molecule has 0 saturated heterocycles. The summed E-state index contributed by atoms with van der Waals surface area (Å²) in [6.07, 6.45) is -2.18. The number of ether oxygens (including phenoxy) is 2. The van der Waals surface area contributed by atoms with E-state index in [2.05, 4.69) is 41.5 Å². The number of benzene rings is 3. The normalized spacial score (nSPS) is 13.5. The van der Waals surface area contributed by atoms with Gasteiger partial charge in [-0.05, 0) is 72.5 Å². The molecule has 1 aliphatic carbocycles. The predicted octanol–water partition coefficient (Wildman–Crippen LogP) is 4.33. The highest BCUT2D eigenvalue weighted by Crippen LogP contribution is 2.48. The molecule has 0 aliphatic heterocycles. The third-order valence-corrected chi connectivity index (χ3v) is 7.91. The molecule has 1 aromatic heterocycles. The molecule has 1 aliphatic rings. The fourth-order valence-electron chi connectivity index (χ4n) is 4.85. The van der Waals surface area contributed by atoms with Gasteiger partial charge in [0, 0.05) is 34.7 Å². The Morgan fingerprint density at radius 3 is 2.28 bits per heavy atom. The molecule has 6 N–H and O–H groups in total. The first-order chi connectivity index (χ1) is 25.3. The number of esters is 1. The van der Waals surface area contributed by atoms with Crippen molar-refractivity contribution in [2.45, 2.75) is 30.6 Å². The summed E-state index contributed by atoms with van der Waals surface area (Å²) < 4.78 is 48.4. The topological polar surface area (TPSA) is 209 Å². The molecule has 53 heavy (non-hydrogen) atoms. The molecule has 15 nitrogen and oxygen atoms in total. The van der Waals surface area contributed by atoms with Crippen LogP contribution in [0.25, 0.3) is 0 Å². The largest absolute Gasteiger partial charge is 0.467 e. The van der Waals surface area contributed by atoms with Gasteiger partial charge in [0.05, 0.1) is 12.6 Å². The van der Waals surface area contributed by atoms with E-state index in [1.54, 1.807) is 24.3 Å². The SMILES string of the molecule is COC(=O)[C@H](CNC(=O)C(=O)Nc1cccc(C=N)c1)NC(=O)c1ccc(Nc2nc(NC3(c4ccc(Cl)cc4)CC3)nc(OCC(F)(F)F)n2)cc1. The van der Waals surface area contributed by atoms with Gasteiger partial charge in [-0.15, -0.1) is 0 Å². The number of halogens is 4. The van der Waals surface area contributed by atoms with Gasteiger partial charge in [0.15, 0.2) is 6.61 Å². The maximum atomic E-state index is 13.0. The molecule has 0 spiro atoms. The number of carbonyl (C=O) groups excluding carboxylic acids is 4. The van der Waals surface area contributed by atoms with E-state index in [0.717, 1.165) is 18.9 Å². The number of hydrogen-bond acceptors (Lipinski definition) is 12. The molecule has 276 valence electrons. The third kappa shape index (κ3) is 10.6. The van der Waals surface area contributed by atoms with E-state index in [9.17, 15) is 32.3 Å². The zero-order chi connectivity index (χ0) is 38.2. The number of alkyl halides is 3. The van der Waals surface area contributed by atoms with Crippen molar-refractivity contribution in [3.05, 3.63) is 94.5 Å². The number of aromatic nitrogens is 3. The van der Waals surface area contributed by atoms with Crippen molar-refractivity contribution < 1.29 is 41.8 Å². The highest BCUT2D eigenvalue weighted by Gasteiger charge is 2.45. The highest BCUT2D eigenvalue weighted by atomic mass is 35.5. The molecule has 1 saturated carbocycles. The Morgan fingerprint density at radius 1 is 0.943 bits per heavy atom. The number of rotatable bonds is 14. The molecule has 0 radical (unpaired) electrons. The van der Waals surface area contributed by atoms with Gasteiger partial charge in [0.1, 0.15) is 6.04 Å². The van der Waals surface area contributed by atoms with Crippen molar-refractivity contribution in [2.24, 2.45) is 0 Å². The van der Waals surface area contributed by atoms with E-state index < -0.39 is 60.6 Å². The first-order valence-corrected chi connectivity index (χ1v) is 16.1. The average molecular weight is 754 g/mol. The van der Waals surface area contributed by atoms with E-state index in [1.165, 1.54) is 36.4 Å². The molecular weight excluding hydrogens is 723 g/mol. The Kier molecular flexibility index (Phi) is 11.7. The lowest BCUT2D eigenvalue weighted by Crippen LogP contribution is -2.50. The molecule has 1 fully saturated rings. The maximum Gasteiger partial charge on any atom is 0.422 e. The van der Waals surface area contributed by atoms with E-state index in [-0.39, 0.29) is 23.1 Å². The van der Waals surface area contributed by atoms with Crippen LogP contribution in [0.3, 0.4) is 0 Å². The van der Waals surface area contributed by atoms with Crippen LogP contribution in [0.5, 0.6) is 6.01 Å². The van der Waals surface area contributed by atoms with E-state index in [4.69, 9.17) is 26.5 Å². The molecule has 0 bridgehead atoms. The van der Waals surface area contributed by atoms with Crippen molar-refractivity contribution in [1.29, 1.82) is 5.41 Å². The summed E-state index contributed by atoms with van der Waals surface area (Å²) in [5, 5.41) is 21.0. The summed E-state index contributed by atoms with van der Waals surface area (Å²) >= 11 is 6.02. The van der Waals surface area contributed by atoms with Crippen molar-refractivity contribution in [2.75, 3.05) is 36.2 Å². The van der Waals surface area contributed by atoms with Crippen LogP contribution >= 0.6 is 11.6 Å². The fourth-order valence-corrected chi connectivity index (χ4v) is 4.98. The van der Waals surface area contributed by atoms with Crippen molar-refractivity contribution in [1.82, 2.24) is 25.6 Å². The molecule has 19 heteroatoms. The van der Waals surface area contributed by atoms with Gasteiger partial charge in [-0.3, -0.25) is 14.4 Å². The first-order valence-electron chi connectivity index (χ1n) is 15.7. The zero-order valence-corrected chi connectivity index (χ0v) is 28.5. The Bertz CT molecular complexity index is 2000. The molecular formula is C34H31ClF3N9O6. The number of nitrogens with zero attached hydrogens (tertiary/aromatic N) is 3. The van der Waals surface area contributed by atoms with Crippen LogP contribution in [0.4, 0.5) is 36.4 Å². The van der Waals surface area contributed by atoms with Crippen LogP contribution in [0.1, 0.15) is 34.3 Å². The second-order valence-electron chi connectivity index (χ2n) is 11.6. The van der Waals surface area contributed by atoms with Gasteiger partial charge < -0.3 is 41.5 Å². The number of anilines is 4. The number of methoxy groups -OCH3 is 1. The van der Waals surface area contributed by atoms with Crippen molar-refractivity contribution in [3.8, 4) is 6.01 Å². The number of carbonyl (C=O) groups is 4. The Labute approximate surface area is 304 Å². The van der Waals surface area contributed by atoms with Crippen molar-refractivity contribution in [3.63, 3.8) is 0 Å². The van der Waals surface area contributed by atoms with Crippen LogP contribution < -0.4 is 31.3 Å². The van der Waals surface area contributed by atoms with E-state index in [0.29, 0.717) is 29.1 Å². The average Bonchev–Trinajstić information content (AvgIpc) is 3.92. The highest BCUT2D eigenvalue weighted by molar-refractivity contribution is 6.39. The summed E-state index contributed by atoms with van der Waals surface area (Å²) in [5.74, 6) is -3.97. The van der Waals surface area contributed by atoms with Gasteiger partial charge in [0.2, 0.25) is 11.9 Å². The Hall–Kier alpha value is -6.30. The van der Waals surface area contributed by atoms with Gasteiger partial charge in [0.25, 0.3) is 5.91 Å². The molecule has 5 rings (SSSR count). The van der Waals surface area contributed by atoms with Crippen LogP contribution in [-0.4, -0.2) is 77.3 Å².